The third-order valence-corrected chi connectivity index (χ3v) is 7.50. The number of carbonyl (C=O) groups excluding carboxylic acids is 1. The maximum absolute atomic E-state index is 13.1. The Bertz CT molecular complexity index is 803. The van der Waals surface area contributed by atoms with Crippen LogP contribution < -0.4 is 10.1 Å². The number of benzene rings is 1. The van der Waals surface area contributed by atoms with Gasteiger partial charge in [-0.1, -0.05) is 19.1 Å². The fourth-order valence-electron chi connectivity index (χ4n) is 6.27. The molecule has 1 amide bonds. The van der Waals surface area contributed by atoms with E-state index in [2.05, 4.69) is 57.3 Å². The first-order valence-corrected chi connectivity index (χ1v) is 10.9. The van der Waals surface area contributed by atoms with Crippen LogP contribution in [0.15, 0.2) is 29.8 Å². The number of allylic oxidation sites excluding steroid dienone is 1. The molecule has 1 fully saturated rings. The molecule has 0 unspecified atom stereocenters. The van der Waals surface area contributed by atoms with Crippen LogP contribution in [0.5, 0.6) is 5.75 Å². The third kappa shape index (κ3) is 3.27. The lowest BCUT2D eigenvalue weighted by atomic mass is 9.50. The largest absolute Gasteiger partial charge is 0.497 e. The molecule has 1 saturated carbocycles. The molecule has 4 rings (SSSR count). The van der Waals surface area contributed by atoms with Gasteiger partial charge in [0.25, 0.3) is 0 Å². The molecular weight excluding hydrogens is 346 g/mol. The molecule has 4 atom stereocenters. The topological polar surface area (TPSA) is 38.3 Å². The van der Waals surface area contributed by atoms with E-state index < -0.39 is 0 Å². The van der Waals surface area contributed by atoms with Crippen molar-refractivity contribution in [2.75, 3.05) is 7.11 Å². The number of hydrogen-bond donors (Lipinski definition) is 1. The SMILES string of the molecule is COc1ccc2c(c1)CC[C@@H]1[C@@H]2CC[C@@]2(C)C(C(=O)NC(C)(C)C)=CCC[C@@H]12. The Morgan fingerprint density at radius 1 is 1.21 bits per heavy atom. The predicted octanol–water partition coefficient (Wildman–Crippen LogP) is 5.39. The molecule has 1 aromatic carbocycles. The molecule has 0 aromatic heterocycles. The highest BCUT2D eigenvalue weighted by atomic mass is 16.5. The fraction of sp³-hybridized carbons (Fsp3) is 0.640. The lowest BCUT2D eigenvalue weighted by molar-refractivity contribution is -0.121. The number of amides is 1. The molecule has 0 saturated heterocycles. The molecule has 0 bridgehead atoms. The predicted molar refractivity (Wildman–Crippen MR) is 114 cm³/mol. The first-order chi connectivity index (χ1) is 13.2. The van der Waals surface area contributed by atoms with Gasteiger partial charge < -0.3 is 10.1 Å². The normalized spacial score (nSPS) is 31.8. The quantitative estimate of drug-likeness (QED) is 0.745. The van der Waals surface area contributed by atoms with Crippen molar-refractivity contribution in [3.8, 4) is 5.75 Å². The van der Waals surface area contributed by atoms with Gasteiger partial charge in [-0.05, 0) is 100 Å². The molecule has 1 N–H and O–H groups in total. The Hall–Kier alpha value is -1.77. The van der Waals surface area contributed by atoms with Crippen LogP contribution in [0, 0.1) is 17.3 Å². The molecular formula is C25H35NO2. The molecule has 0 spiro atoms. The Balaban J connectivity index is 1.62. The first kappa shape index (κ1) is 19.5. The van der Waals surface area contributed by atoms with Crippen LogP contribution >= 0.6 is 0 Å². The zero-order valence-corrected chi connectivity index (χ0v) is 18.1. The van der Waals surface area contributed by atoms with E-state index in [9.17, 15) is 4.79 Å². The highest BCUT2D eigenvalue weighted by Gasteiger charge is 2.52. The van der Waals surface area contributed by atoms with E-state index in [-0.39, 0.29) is 16.9 Å². The van der Waals surface area contributed by atoms with Crippen molar-refractivity contribution >= 4 is 5.91 Å². The van der Waals surface area contributed by atoms with Crippen molar-refractivity contribution in [3.63, 3.8) is 0 Å². The molecule has 152 valence electrons. The number of hydrogen-bond acceptors (Lipinski definition) is 2. The zero-order valence-electron chi connectivity index (χ0n) is 18.1. The van der Waals surface area contributed by atoms with E-state index in [0.717, 1.165) is 30.6 Å². The summed E-state index contributed by atoms with van der Waals surface area (Å²) in [6.07, 6.45) is 9.14. The number of ether oxygens (including phenoxy) is 1. The molecule has 1 aromatic rings. The molecule has 3 heteroatoms. The van der Waals surface area contributed by atoms with Gasteiger partial charge in [0.1, 0.15) is 5.75 Å². The summed E-state index contributed by atoms with van der Waals surface area (Å²) in [5, 5.41) is 3.23. The van der Waals surface area contributed by atoms with E-state index in [1.165, 1.54) is 30.4 Å². The Morgan fingerprint density at radius 3 is 2.71 bits per heavy atom. The van der Waals surface area contributed by atoms with E-state index in [1.54, 1.807) is 7.11 Å². The highest BCUT2D eigenvalue weighted by Crippen LogP contribution is 2.60. The maximum atomic E-state index is 13.1. The molecule has 3 aliphatic carbocycles. The second-order valence-corrected chi connectivity index (χ2v) is 10.3. The van der Waals surface area contributed by atoms with Crippen molar-refractivity contribution in [1.29, 1.82) is 0 Å². The van der Waals surface area contributed by atoms with Gasteiger partial charge in [0.2, 0.25) is 5.91 Å². The molecule has 28 heavy (non-hydrogen) atoms. The van der Waals surface area contributed by atoms with Crippen LogP contribution in [0.4, 0.5) is 0 Å². The number of nitrogens with one attached hydrogen (secondary N) is 1. The lowest BCUT2D eigenvalue weighted by Gasteiger charge is -2.54. The van der Waals surface area contributed by atoms with E-state index in [1.807, 2.05) is 0 Å². The second kappa shape index (κ2) is 6.93. The molecule has 0 heterocycles. The average molecular weight is 382 g/mol. The minimum Gasteiger partial charge on any atom is -0.497 e. The third-order valence-electron chi connectivity index (χ3n) is 7.50. The minimum absolute atomic E-state index is 0.0126. The van der Waals surface area contributed by atoms with E-state index in [0.29, 0.717) is 17.8 Å². The Morgan fingerprint density at radius 2 is 2.00 bits per heavy atom. The second-order valence-electron chi connectivity index (χ2n) is 10.3. The standard InChI is InChI=1S/C25H35NO2/c1-24(2,3)26-23(27)22-8-6-7-21-20-11-9-16-15-17(28-5)10-12-18(16)19(20)13-14-25(21,22)4/h8,10,12,15,19-21H,6-7,9,11,13-14H2,1-5H3,(H,26,27)/t19-,20-,21+,25-/m1/s1. The summed E-state index contributed by atoms with van der Waals surface area (Å²) in [5.74, 6) is 3.05. The van der Waals surface area contributed by atoms with Crippen LogP contribution in [-0.4, -0.2) is 18.6 Å². The van der Waals surface area contributed by atoms with Crippen LogP contribution in [0.25, 0.3) is 0 Å². The summed E-state index contributed by atoms with van der Waals surface area (Å²) in [7, 11) is 1.75. The number of rotatable bonds is 2. The monoisotopic (exact) mass is 381 g/mol. The van der Waals surface area contributed by atoms with Gasteiger partial charge in [0, 0.05) is 16.5 Å². The maximum Gasteiger partial charge on any atom is 0.247 e. The Kier molecular flexibility index (Phi) is 4.84. The number of aryl methyl sites for hydroxylation is 1. The summed E-state index contributed by atoms with van der Waals surface area (Å²) in [5.41, 5.74) is 3.88. The van der Waals surface area contributed by atoms with Gasteiger partial charge in [-0.3, -0.25) is 4.79 Å². The van der Waals surface area contributed by atoms with Crippen molar-refractivity contribution < 1.29 is 9.53 Å². The summed E-state index contributed by atoms with van der Waals surface area (Å²) in [4.78, 5) is 13.1. The van der Waals surface area contributed by atoms with Gasteiger partial charge >= 0.3 is 0 Å². The van der Waals surface area contributed by atoms with E-state index >= 15 is 0 Å². The summed E-state index contributed by atoms with van der Waals surface area (Å²) in [6, 6.07) is 6.67. The fourth-order valence-corrected chi connectivity index (χ4v) is 6.27. The van der Waals surface area contributed by atoms with Gasteiger partial charge in [0.05, 0.1) is 7.11 Å². The molecule has 0 aliphatic heterocycles. The van der Waals surface area contributed by atoms with Crippen molar-refractivity contribution in [2.45, 2.75) is 77.7 Å². The number of carbonyl (C=O) groups is 1. The first-order valence-electron chi connectivity index (χ1n) is 10.9. The Labute approximate surface area is 169 Å². The average Bonchev–Trinajstić information content (AvgIpc) is 2.64. The van der Waals surface area contributed by atoms with Crippen molar-refractivity contribution in [3.05, 3.63) is 41.0 Å². The number of fused-ring (bicyclic) bond motifs is 5. The minimum atomic E-state index is -0.193. The van der Waals surface area contributed by atoms with Crippen LogP contribution in [0.1, 0.15) is 76.8 Å². The number of methoxy groups -OCH3 is 1. The molecule has 3 aliphatic rings. The van der Waals surface area contributed by atoms with Crippen molar-refractivity contribution in [2.24, 2.45) is 17.3 Å². The van der Waals surface area contributed by atoms with Crippen LogP contribution in [0.2, 0.25) is 0 Å². The highest BCUT2D eigenvalue weighted by molar-refractivity contribution is 5.95. The van der Waals surface area contributed by atoms with Crippen LogP contribution in [0.3, 0.4) is 0 Å². The molecule has 3 nitrogen and oxygen atoms in total. The van der Waals surface area contributed by atoms with Gasteiger partial charge in [-0.15, -0.1) is 0 Å². The van der Waals surface area contributed by atoms with Gasteiger partial charge in [-0.25, -0.2) is 0 Å². The van der Waals surface area contributed by atoms with Crippen molar-refractivity contribution in [1.82, 2.24) is 5.32 Å². The molecule has 0 radical (unpaired) electrons. The zero-order chi connectivity index (χ0) is 20.1. The summed E-state index contributed by atoms with van der Waals surface area (Å²) >= 11 is 0. The summed E-state index contributed by atoms with van der Waals surface area (Å²) < 4.78 is 5.45. The smallest absolute Gasteiger partial charge is 0.247 e. The van der Waals surface area contributed by atoms with Gasteiger partial charge in [-0.2, -0.15) is 0 Å². The summed E-state index contributed by atoms with van der Waals surface area (Å²) in [6.45, 7) is 8.57. The van der Waals surface area contributed by atoms with E-state index in [4.69, 9.17) is 4.74 Å². The lowest BCUT2D eigenvalue weighted by Crippen LogP contribution is -2.50. The van der Waals surface area contributed by atoms with Crippen LogP contribution in [-0.2, 0) is 11.2 Å². The van der Waals surface area contributed by atoms with Gasteiger partial charge in [0.15, 0.2) is 0 Å².